The molecule has 1 aromatic heterocycles. The topological polar surface area (TPSA) is 99.2 Å². The normalized spacial score (nSPS) is 16.3. The molecule has 1 atom stereocenters. The second kappa shape index (κ2) is 7.55. The highest BCUT2D eigenvalue weighted by molar-refractivity contribution is 7.90. The van der Waals surface area contributed by atoms with E-state index in [1.807, 2.05) is 25.1 Å². The van der Waals surface area contributed by atoms with Crippen molar-refractivity contribution in [2.45, 2.75) is 35.6 Å². The standard InChI is InChI=1S/C25H24N2O4S2/c1-16-3-7-19(8-4-16)33(30,31)27-24-14-12-21-20(11-13-23(21)26)22(24)15-25(27)17-5-9-18(10-6-17)32(2,28)29/h3-10,12,14-15,23H,11,13,26H2,1-2H3. The first-order valence-electron chi connectivity index (χ1n) is 10.6. The maximum atomic E-state index is 13.8. The number of benzene rings is 3. The van der Waals surface area contributed by atoms with Gasteiger partial charge in [-0.15, -0.1) is 0 Å². The molecule has 0 bridgehead atoms. The molecule has 0 saturated carbocycles. The van der Waals surface area contributed by atoms with E-state index in [1.54, 1.807) is 36.4 Å². The Balaban J connectivity index is 1.81. The van der Waals surface area contributed by atoms with E-state index >= 15 is 0 Å². The van der Waals surface area contributed by atoms with Crippen LogP contribution in [0.2, 0.25) is 0 Å². The third kappa shape index (κ3) is 3.58. The molecule has 0 amide bonds. The molecule has 4 aromatic rings. The average molecular weight is 481 g/mol. The van der Waals surface area contributed by atoms with Gasteiger partial charge in [0.05, 0.1) is 21.0 Å². The van der Waals surface area contributed by atoms with Gasteiger partial charge in [-0.25, -0.2) is 20.8 Å². The lowest BCUT2D eigenvalue weighted by Crippen LogP contribution is -2.14. The largest absolute Gasteiger partial charge is 0.324 e. The van der Waals surface area contributed by atoms with Gasteiger partial charge in [0, 0.05) is 17.7 Å². The van der Waals surface area contributed by atoms with Crippen molar-refractivity contribution in [1.82, 2.24) is 3.97 Å². The van der Waals surface area contributed by atoms with Crippen LogP contribution in [0, 0.1) is 6.92 Å². The van der Waals surface area contributed by atoms with Gasteiger partial charge in [0.25, 0.3) is 10.0 Å². The zero-order chi connectivity index (χ0) is 23.5. The van der Waals surface area contributed by atoms with Gasteiger partial charge in [-0.2, -0.15) is 0 Å². The van der Waals surface area contributed by atoms with Crippen LogP contribution in [0.4, 0.5) is 0 Å². The minimum atomic E-state index is -3.92. The van der Waals surface area contributed by atoms with Crippen LogP contribution in [0.15, 0.2) is 76.5 Å². The summed E-state index contributed by atoms with van der Waals surface area (Å²) < 4.78 is 52.9. The van der Waals surface area contributed by atoms with Gasteiger partial charge in [0.15, 0.2) is 9.84 Å². The predicted molar refractivity (Wildman–Crippen MR) is 129 cm³/mol. The van der Waals surface area contributed by atoms with E-state index in [1.165, 1.54) is 16.1 Å². The molecular weight excluding hydrogens is 456 g/mol. The highest BCUT2D eigenvalue weighted by Crippen LogP contribution is 2.40. The zero-order valence-corrected chi connectivity index (χ0v) is 19.9. The first-order valence-corrected chi connectivity index (χ1v) is 14.0. The second-order valence-corrected chi connectivity index (χ2v) is 12.4. The molecule has 1 aliphatic rings. The lowest BCUT2D eigenvalue weighted by Gasteiger charge is -2.13. The van der Waals surface area contributed by atoms with Gasteiger partial charge in [-0.1, -0.05) is 35.9 Å². The number of aromatic nitrogens is 1. The number of sulfone groups is 1. The Hall–Kier alpha value is -2.94. The molecule has 0 spiro atoms. The molecule has 170 valence electrons. The maximum absolute atomic E-state index is 13.8. The summed E-state index contributed by atoms with van der Waals surface area (Å²) in [6.45, 7) is 1.91. The van der Waals surface area contributed by atoms with Crippen molar-refractivity contribution in [3.05, 3.63) is 83.4 Å². The van der Waals surface area contributed by atoms with Gasteiger partial charge in [-0.05, 0) is 72.9 Å². The molecule has 0 radical (unpaired) electrons. The molecule has 33 heavy (non-hydrogen) atoms. The number of hydrogen-bond acceptors (Lipinski definition) is 5. The van der Waals surface area contributed by atoms with Crippen LogP contribution >= 0.6 is 0 Å². The maximum Gasteiger partial charge on any atom is 0.268 e. The average Bonchev–Trinajstić information content (AvgIpc) is 3.35. The van der Waals surface area contributed by atoms with Crippen molar-refractivity contribution >= 4 is 30.8 Å². The second-order valence-electron chi connectivity index (χ2n) is 8.62. The Morgan fingerprint density at radius 1 is 0.879 bits per heavy atom. The predicted octanol–water partition coefficient (Wildman–Crippen LogP) is 4.20. The Morgan fingerprint density at radius 3 is 2.15 bits per heavy atom. The summed E-state index contributed by atoms with van der Waals surface area (Å²) in [5.74, 6) is 0. The van der Waals surface area contributed by atoms with Gasteiger partial charge in [-0.3, -0.25) is 0 Å². The van der Waals surface area contributed by atoms with Gasteiger partial charge in [0.2, 0.25) is 0 Å². The van der Waals surface area contributed by atoms with E-state index < -0.39 is 19.9 Å². The third-order valence-corrected chi connectivity index (χ3v) is 9.20. The van der Waals surface area contributed by atoms with Gasteiger partial charge >= 0.3 is 0 Å². The molecule has 1 aliphatic carbocycles. The Labute approximate surface area is 193 Å². The minimum Gasteiger partial charge on any atom is -0.324 e. The van der Waals surface area contributed by atoms with E-state index in [0.29, 0.717) is 16.8 Å². The summed E-state index contributed by atoms with van der Waals surface area (Å²) in [4.78, 5) is 0.374. The number of nitrogens with two attached hydrogens (primary N) is 1. The Morgan fingerprint density at radius 2 is 1.52 bits per heavy atom. The smallest absolute Gasteiger partial charge is 0.268 e. The summed E-state index contributed by atoms with van der Waals surface area (Å²) in [5, 5.41) is 0.860. The zero-order valence-electron chi connectivity index (χ0n) is 18.3. The van der Waals surface area contributed by atoms with Crippen molar-refractivity contribution in [2.24, 2.45) is 5.73 Å². The number of fused-ring (bicyclic) bond motifs is 3. The van der Waals surface area contributed by atoms with Crippen LogP contribution < -0.4 is 5.73 Å². The van der Waals surface area contributed by atoms with Crippen molar-refractivity contribution < 1.29 is 16.8 Å². The van der Waals surface area contributed by atoms with Crippen LogP contribution in [0.1, 0.15) is 29.2 Å². The van der Waals surface area contributed by atoms with Crippen LogP contribution in [0.25, 0.3) is 22.2 Å². The lowest BCUT2D eigenvalue weighted by molar-refractivity contribution is 0.589. The van der Waals surface area contributed by atoms with Crippen LogP contribution in [0.5, 0.6) is 0 Å². The molecule has 1 unspecified atom stereocenters. The molecule has 0 saturated heterocycles. The molecule has 1 heterocycles. The highest BCUT2D eigenvalue weighted by Gasteiger charge is 2.28. The fourth-order valence-corrected chi connectivity index (χ4v) is 6.72. The summed E-state index contributed by atoms with van der Waals surface area (Å²) in [5.41, 5.74) is 11.0. The molecule has 6 nitrogen and oxygen atoms in total. The van der Waals surface area contributed by atoms with Crippen molar-refractivity contribution in [3.63, 3.8) is 0 Å². The molecule has 2 N–H and O–H groups in total. The molecule has 5 rings (SSSR count). The molecule has 0 fully saturated rings. The Bertz CT molecular complexity index is 1600. The number of nitrogens with zero attached hydrogens (tertiary/aromatic N) is 1. The number of rotatable bonds is 4. The van der Waals surface area contributed by atoms with Crippen molar-refractivity contribution in [2.75, 3.05) is 6.26 Å². The number of hydrogen-bond donors (Lipinski definition) is 1. The monoisotopic (exact) mass is 480 g/mol. The van der Waals surface area contributed by atoms with E-state index in [-0.39, 0.29) is 15.8 Å². The lowest BCUT2D eigenvalue weighted by atomic mass is 10.0. The fraction of sp³-hybridized carbons (Fsp3) is 0.200. The van der Waals surface area contributed by atoms with Gasteiger partial charge in [0.1, 0.15) is 0 Å². The van der Waals surface area contributed by atoms with Crippen LogP contribution in [-0.2, 0) is 26.3 Å². The summed E-state index contributed by atoms with van der Waals surface area (Å²) in [7, 11) is -7.29. The van der Waals surface area contributed by atoms with E-state index in [0.717, 1.165) is 41.2 Å². The fourth-order valence-electron chi connectivity index (χ4n) is 4.56. The van der Waals surface area contributed by atoms with Crippen LogP contribution in [0.3, 0.4) is 0 Å². The summed E-state index contributed by atoms with van der Waals surface area (Å²) in [6.07, 6.45) is 2.75. The van der Waals surface area contributed by atoms with E-state index in [2.05, 4.69) is 0 Å². The SMILES string of the molecule is Cc1ccc(S(=O)(=O)n2c(-c3ccc(S(C)(=O)=O)cc3)cc3c4c(ccc32)C(N)CC4)cc1. The molecule has 3 aromatic carbocycles. The van der Waals surface area contributed by atoms with Gasteiger partial charge < -0.3 is 5.73 Å². The quantitative estimate of drug-likeness (QED) is 0.472. The van der Waals surface area contributed by atoms with Crippen LogP contribution in [-0.4, -0.2) is 27.1 Å². The summed E-state index contributed by atoms with van der Waals surface area (Å²) in [6, 6.07) is 18.6. The first-order chi connectivity index (χ1) is 15.6. The van der Waals surface area contributed by atoms with Crippen molar-refractivity contribution in [3.8, 4) is 11.3 Å². The van der Waals surface area contributed by atoms with E-state index in [9.17, 15) is 16.8 Å². The summed E-state index contributed by atoms with van der Waals surface area (Å²) >= 11 is 0. The Kier molecular flexibility index (Phi) is 5.00. The minimum absolute atomic E-state index is 0.0565. The highest BCUT2D eigenvalue weighted by atomic mass is 32.2. The number of aryl methyl sites for hydroxylation is 2. The first kappa shape index (κ1) is 21.9. The molecule has 0 aliphatic heterocycles. The van der Waals surface area contributed by atoms with Crippen molar-refractivity contribution in [1.29, 1.82) is 0 Å². The third-order valence-electron chi connectivity index (χ3n) is 6.33. The molecular formula is C25H24N2O4S2. The van der Waals surface area contributed by atoms with E-state index in [4.69, 9.17) is 5.73 Å². The molecule has 8 heteroatoms.